The van der Waals surface area contributed by atoms with Gasteiger partial charge in [-0.1, -0.05) is 30.3 Å². The Bertz CT molecular complexity index is 310. The molecule has 0 saturated carbocycles. The molecule has 0 aliphatic carbocycles. The van der Waals surface area contributed by atoms with Crippen LogP contribution in [0.25, 0.3) is 0 Å². The Hall–Kier alpha value is -1.35. The zero-order valence-corrected chi connectivity index (χ0v) is 7.10. The van der Waals surface area contributed by atoms with Crippen molar-refractivity contribution < 1.29 is 9.90 Å². The maximum atomic E-state index is 10.7. The van der Waals surface area contributed by atoms with Gasteiger partial charge in [0.15, 0.2) is 0 Å². The van der Waals surface area contributed by atoms with Crippen molar-refractivity contribution in [1.29, 1.82) is 0 Å². The summed E-state index contributed by atoms with van der Waals surface area (Å²) in [5, 5.41) is 11.9. The van der Waals surface area contributed by atoms with Crippen LogP contribution in [0.3, 0.4) is 0 Å². The Morgan fingerprint density at radius 2 is 2.08 bits per heavy atom. The van der Waals surface area contributed by atoms with E-state index in [2.05, 4.69) is 5.32 Å². The van der Waals surface area contributed by atoms with Crippen molar-refractivity contribution in [3.8, 4) is 0 Å². The van der Waals surface area contributed by atoms with Crippen LogP contribution in [0.5, 0.6) is 0 Å². The Morgan fingerprint density at radius 1 is 1.38 bits per heavy atom. The van der Waals surface area contributed by atoms with E-state index in [-0.39, 0.29) is 12.0 Å². The zero-order chi connectivity index (χ0) is 9.26. The van der Waals surface area contributed by atoms with Crippen LogP contribution in [-0.4, -0.2) is 17.6 Å². The molecule has 1 aromatic rings. The van der Waals surface area contributed by atoms with Crippen LogP contribution >= 0.6 is 0 Å². The van der Waals surface area contributed by atoms with Crippen LogP contribution in [0, 0.1) is 5.92 Å². The highest BCUT2D eigenvalue weighted by Gasteiger charge is 2.36. The Kier molecular flexibility index (Phi) is 2.02. The van der Waals surface area contributed by atoms with Gasteiger partial charge in [-0.15, -0.1) is 0 Å². The summed E-state index contributed by atoms with van der Waals surface area (Å²) in [5.41, 5.74) is 1.06. The molecule has 1 aliphatic heterocycles. The Labute approximate surface area is 76.4 Å². The first-order valence-corrected chi connectivity index (χ1v) is 4.30. The fraction of sp³-hybridized carbons (Fsp3) is 0.300. The fourth-order valence-electron chi connectivity index (χ4n) is 1.59. The average Bonchev–Trinajstić information content (AvgIpc) is 2.02. The second-order valence-corrected chi connectivity index (χ2v) is 3.24. The summed E-state index contributed by atoms with van der Waals surface area (Å²) < 4.78 is 0. The quantitative estimate of drug-likeness (QED) is 0.709. The van der Waals surface area contributed by atoms with E-state index < -0.39 is 5.97 Å². The van der Waals surface area contributed by atoms with E-state index in [1.807, 2.05) is 30.3 Å². The molecule has 0 aromatic heterocycles. The molecule has 1 aliphatic rings. The molecule has 68 valence electrons. The summed E-state index contributed by atoms with van der Waals surface area (Å²) in [5.74, 6) is -0.977. The van der Waals surface area contributed by atoms with Crippen molar-refractivity contribution in [3.63, 3.8) is 0 Å². The maximum absolute atomic E-state index is 10.7. The minimum absolute atomic E-state index is 0.00120. The summed E-state index contributed by atoms with van der Waals surface area (Å²) in [6.07, 6.45) is 0. The molecule has 13 heavy (non-hydrogen) atoms. The van der Waals surface area contributed by atoms with Gasteiger partial charge in [-0.05, 0) is 5.56 Å². The van der Waals surface area contributed by atoms with E-state index >= 15 is 0 Å². The molecule has 3 heteroatoms. The first kappa shape index (κ1) is 8.26. The second-order valence-electron chi connectivity index (χ2n) is 3.24. The van der Waals surface area contributed by atoms with Gasteiger partial charge < -0.3 is 10.4 Å². The number of hydrogen-bond donors (Lipinski definition) is 2. The predicted molar refractivity (Wildman–Crippen MR) is 48.3 cm³/mol. The van der Waals surface area contributed by atoms with Crippen LogP contribution < -0.4 is 5.32 Å². The highest BCUT2D eigenvalue weighted by molar-refractivity contribution is 5.72. The average molecular weight is 177 g/mol. The summed E-state index contributed by atoms with van der Waals surface area (Å²) in [4.78, 5) is 10.7. The summed E-state index contributed by atoms with van der Waals surface area (Å²) >= 11 is 0. The van der Waals surface area contributed by atoms with Gasteiger partial charge in [-0.3, -0.25) is 4.79 Å². The van der Waals surface area contributed by atoms with Crippen molar-refractivity contribution in [2.45, 2.75) is 6.04 Å². The minimum Gasteiger partial charge on any atom is -0.481 e. The minimum atomic E-state index is -0.715. The van der Waals surface area contributed by atoms with E-state index in [9.17, 15) is 4.79 Å². The number of aliphatic carboxylic acids is 1. The van der Waals surface area contributed by atoms with E-state index in [1.165, 1.54) is 0 Å². The van der Waals surface area contributed by atoms with Gasteiger partial charge in [0.2, 0.25) is 0 Å². The fourth-order valence-corrected chi connectivity index (χ4v) is 1.59. The van der Waals surface area contributed by atoms with Crippen molar-refractivity contribution in [2.24, 2.45) is 5.92 Å². The van der Waals surface area contributed by atoms with Crippen LogP contribution in [0.2, 0.25) is 0 Å². The third kappa shape index (κ3) is 1.42. The number of nitrogens with one attached hydrogen (secondary N) is 1. The van der Waals surface area contributed by atoms with Gasteiger partial charge >= 0.3 is 5.97 Å². The molecular formula is C10H11NO2. The molecule has 3 nitrogen and oxygen atoms in total. The van der Waals surface area contributed by atoms with Crippen molar-refractivity contribution >= 4 is 5.97 Å². The van der Waals surface area contributed by atoms with Crippen LogP contribution in [0.4, 0.5) is 0 Å². The Morgan fingerprint density at radius 3 is 2.54 bits per heavy atom. The molecule has 2 atom stereocenters. The summed E-state index contributed by atoms with van der Waals surface area (Å²) in [6, 6.07) is 9.68. The molecule has 1 aromatic carbocycles. The van der Waals surface area contributed by atoms with Crippen LogP contribution in [-0.2, 0) is 4.79 Å². The van der Waals surface area contributed by atoms with Crippen molar-refractivity contribution in [2.75, 3.05) is 6.54 Å². The molecule has 2 rings (SSSR count). The number of benzene rings is 1. The molecule has 0 radical (unpaired) electrons. The molecule has 0 bridgehead atoms. The standard InChI is InChI=1S/C10H11NO2/c12-10(13)8-6-11-9(8)7-4-2-1-3-5-7/h1-5,8-9,11H,6H2,(H,12,13). The van der Waals surface area contributed by atoms with Gasteiger partial charge in [-0.2, -0.15) is 0 Å². The monoisotopic (exact) mass is 177 g/mol. The Balaban J connectivity index is 2.15. The molecule has 1 heterocycles. The lowest BCUT2D eigenvalue weighted by molar-refractivity contribution is -0.145. The highest BCUT2D eigenvalue weighted by Crippen LogP contribution is 2.28. The van der Waals surface area contributed by atoms with Gasteiger partial charge in [-0.25, -0.2) is 0 Å². The number of hydrogen-bond acceptors (Lipinski definition) is 2. The number of carboxylic acid groups (broad SMARTS) is 1. The largest absolute Gasteiger partial charge is 0.481 e. The molecule has 1 fully saturated rings. The smallest absolute Gasteiger partial charge is 0.309 e. The first-order valence-electron chi connectivity index (χ1n) is 4.30. The van der Waals surface area contributed by atoms with E-state index in [4.69, 9.17) is 5.11 Å². The zero-order valence-electron chi connectivity index (χ0n) is 7.10. The normalized spacial score (nSPS) is 26.5. The topological polar surface area (TPSA) is 49.3 Å². The van der Waals surface area contributed by atoms with E-state index in [1.54, 1.807) is 0 Å². The molecule has 2 unspecified atom stereocenters. The molecule has 1 saturated heterocycles. The van der Waals surface area contributed by atoms with Gasteiger partial charge in [0.05, 0.1) is 5.92 Å². The summed E-state index contributed by atoms with van der Waals surface area (Å²) in [7, 11) is 0. The third-order valence-electron chi connectivity index (χ3n) is 2.44. The van der Waals surface area contributed by atoms with Gasteiger partial charge in [0.1, 0.15) is 0 Å². The number of carboxylic acids is 1. The highest BCUT2D eigenvalue weighted by atomic mass is 16.4. The predicted octanol–water partition coefficient (Wildman–Crippen LogP) is 1.03. The van der Waals surface area contributed by atoms with Crippen molar-refractivity contribution in [1.82, 2.24) is 5.32 Å². The molecule has 0 spiro atoms. The molecular weight excluding hydrogens is 166 g/mol. The molecule has 0 amide bonds. The van der Waals surface area contributed by atoms with Gasteiger partial charge in [0, 0.05) is 12.6 Å². The van der Waals surface area contributed by atoms with Crippen molar-refractivity contribution in [3.05, 3.63) is 35.9 Å². The lowest BCUT2D eigenvalue weighted by atomic mass is 9.86. The van der Waals surface area contributed by atoms with Crippen LogP contribution in [0.1, 0.15) is 11.6 Å². The maximum Gasteiger partial charge on any atom is 0.309 e. The second kappa shape index (κ2) is 3.18. The summed E-state index contributed by atoms with van der Waals surface area (Å²) in [6.45, 7) is 0.578. The van der Waals surface area contributed by atoms with Crippen LogP contribution in [0.15, 0.2) is 30.3 Å². The number of carbonyl (C=O) groups is 1. The first-order chi connectivity index (χ1) is 6.29. The van der Waals surface area contributed by atoms with E-state index in [0.29, 0.717) is 6.54 Å². The van der Waals surface area contributed by atoms with E-state index in [0.717, 1.165) is 5.56 Å². The van der Waals surface area contributed by atoms with Gasteiger partial charge in [0.25, 0.3) is 0 Å². The lowest BCUT2D eigenvalue weighted by Crippen LogP contribution is -2.49. The lowest BCUT2D eigenvalue weighted by Gasteiger charge is -2.35. The number of rotatable bonds is 2. The third-order valence-corrected chi connectivity index (χ3v) is 2.44. The SMILES string of the molecule is O=C(O)C1CNC1c1ccccc1. The molecule has 2 N–H and O–H groups in total.